The number of unbranched alkanes of at least 4 members (excludes halogenated alkanes) is 5. The van der Waals surface area contributed by atoms with Crippen LogP contribution in [-0.4, -0.2) is 128 Å². The van der Waals surface area contributed by atoms with Gasteiger partial charge < -0.3 is 59.8 Å². The van der Waals surface area contributed by atoms with Crippen LogP contribution in [0.25, 0.3) is 0 Å². The Bertz CT molecular complexity index is 589. The van der Waals surface area contributed by atoms with Gasteiger partial charge in [0.25, 0.3) is 0 Å². The van der Waals surface area contributed by atoms with Crippen LogP contribution >= 0.6 is 0 Å². The minimum absolute atomic E-state index is 0.162. The number of ether oxygens (including phenoxy) is 4. The minimum Gasteiger partial charge on any atom is -0.481 e. The molecule has 2 fully saturated rings. The van der Waals surface area contributed by atoms with E-state index >= 15 is 0 Å². The van der Waals surface area contributed by atoms with Gasteiger partial charge in [-0.3, -0.25) is 4.79 Å². The fourth-order valence-corrected chi connectivity index (χ4v) is 3.98. The summed E-state index contributed by atoms with van der Waals surface area (Å²) in [6.07, 6.45) is -9.82. The Balaban J connectivity index is 1.79. The lowest BCUT2D eigenvalue weighted by atomic mass is 9.97. The first kappa shape index (κ1) is 29.3. The third-order valence-corrected chi connectivity index (χ3v) is 6.03. The summed E-state index contributed by atoms with van der Waals surface area (Å²) in [7, 11) is 0. The van der Waals surface area contributed by atoms with E-state index in [0.717, 1.165) is 25.7 Å². The van der Waals surface area contributed by atoms with Crippen molar-refractivity contribution in [2.75, 3.05) is 19.8 Å². The molecule has 0 aromatic carbocycles. The topological polar surface area (TPSA) is 216 Å². The second-order valence-corrected chi connectivity index (χ2v) is 8.64. The molecule has 0 aromatic heterocycles. The predicted molar refractivity (Wildman–Crippen MR) is 112 cm³/mol. The summed E-state index contributed by atoms with van der Waals surface area (Å²) in [6, 6.07) is 0. The highest BCUT2D eigenvalue weighted by Gasteiger charge is 2.50. The zero-order chi connectivity index (χ0) is 25.3. The predicted octanol–water partition coefficient (Wildman–Crippen LogP) is -2.56. The van der Waals surface area contributed by atoms with Crippen LogP contribution in [0, 0.1) is 0 Å². The first-order valence-electron chi connectivity index (χ1n) is 11.6. The van der Waals surface area contributed by atoms with Crippen molar-refractivity contribution < 1.29 is 64.6 Å². The molecular formula is C21H38O13. The first-order chi connectivity index (χ1) is 16.2. The van der Waals surface area contributed by atoms with E-state index in [-0.39, 0.29) is 13.0 Å². The van der Waals surface area contributed by atoms with Crippen molar-refractivity contribution >= 4 is 5.97 Å². The fourth-order valence-electron chi connectivity index (χ4n) is 3.98. The van der Waals surface area contributed by atoms with Crippen molar-refractivity contribution in [2.24, 2.45) is 0 Å². The van der Waals surface area contributed by atoms with Crippen molar-refractivity contribution in [3.8, 4) is 0 Å². The lowest BCUT2D eigenvalue weighted by Crippen LogP contribution is -2.64. The Kier molecular flexibility index (Phi) is 12.5. The lowest BCUT2D eigenvalue weighted by Gasteiger charge is -2.45. The number of rotatable bonds is 14. The summed E-state index contributed by atoms with van der Waals surface area (Å²) in [5.41, 5.74) is 0. The van der Waals surface area contributed by atoms with Crippen molar-refractivity contribution in [3.63, 3.8) is 0 Å². The lowest BCUT2D eigenvalue weighted by molar-refractivity contribution is -0.359. The second kappa shape index (κ2) is 14.6. The molecule has 2 heterocycles. The molecule has 13 nitrogen and oxygen atoms in total. The van der Waals surface area contributed by atoms with Crippen molar-refractivity contribution in [1.29, 1.82) is 0 Å². The van der Waals surface area contributed by atoms with Gasteiger partial charge in [-0.15, -0.1) is 0 Å². The van der Waals surface area contributed by atoms with Crippen LogP contribution in [0.5, 0.6) is 0 Å². The summed E-state index contributed by atoms with van der Waals surface area (Å²) in [6.45, 7) is -1.07. The van der Waals surface area contributed by atoms with Gasteiger partial charge >= 0.3 is 5.97 Å². The van der Waals surface area contributed by atoms with E-state index in [1.807, 2.05) is 0 Å². The van der Waals surface area contributed by atoms with E-state index < -0.39 is 80.6 Å². The maximum absolute atomic E-state index is 10.5. The van der Waals surface area contributed by atoms with Gasteiger partial charge in [0.05, 0.1) is 13.2 Å². The van der Waals surface area contributed by atoms with Gasteiger partial charge in [-0.1, -0.05) is 25.7 Å². The number of aliphatic carboxylic acids is 1. The van der Waals surface area contributed by atoms with E-state index in [0.29, 0.717) is 12.8 Å². The van der Waals surface area contributed by atoms with Crippen LogP contribution in [0.3, 0.4) is 0 Å². The van der Waals surface area contributed by atoms with Crippen LogP contribution in [0.1, 0.15) is 44.9 Å². The molecule has 10 unspecified atom stereocenters. The van der Waals surface area contributed by atoms with E-state index in [4.69, 9.17) is 24.1 Å². The molecule has 13 heteroatoms. The molecule has 2 aliphatic heterocycles. The zero-order valence-electron chi connectivity index (χ0n) is 19.0. The van der Waals surface area contributed by atoms with Crippen molar-refractivity contribution in [1.82, 2.24) is 0 Å². The maximum Gasteiger partial charge on any atom is 0.303 e. The number of aliphatic hydroxyl groups is 7. The number of carbonyl (C=O) groups is 1. The van der Waals surface area contributed by atoms with Crippen LogP contribution in [0.15, 0.2) is 0 Å². The van der Waals surface area contributed by atoms with E-state index in [1.54, 1.807) is 0 Å². The van der Waals surface area contributed by atoms with Gasteiger partial charge in [-0.2, -0.15) is 0 Å². The quantitative estimate of drug-likeness (QED) is 0.116. The number of hydrogen-bond acceptors (Lipinski definition) is 12. The SMILES string of the molecule is O=C(O)CCCCCCCCOC1OC(CO)C(OC2OC(CO)C(O)C(O)C2O)C(O)C1O. The average molecular weight is 499 g/mol. The van der Waals surface area contributed by atoms with Gasteiger partial charge in [0.2, 0.25) is 0 Å². The van der Waals surface area contributed by atoms with Gasteiger partial charge in [0.15, 0.2) is 12.6 Å². The molecule has 8 N–H and O–H groups in total. The van der Waals surface area contributed by atoms with Crippen LogP contribution in [0.4, 0.5) is 0 Å². The van der Waals surface area contributed by atoms with E-state index in [9.17, 15) is 40.5 Å². The Hall–Kier alpha value is -0.970. The third kappa shape index (κ3) is 8.03. The number of carboxylic acid groups (broad SMARTS) is 1. The van der Waals surface area contributed by atoms with E-state index in [2.05, 4.69) is 0 Å². The monoisotopic (exact) mass is 498 g/mol. The number of carboxylic acids is 1. The van der Waals surface area contributed by atoms with Crippen LogP contribution in [-0.2, 0) is 23.7 Å². The molecule has 0 amide bonds. The molecule has 200 valence electrons. The van der Waals surface area contributed by atoms with E-state index in [1.165, 1.54) is 0 Å². The highest BCUT2D eigenvalue weighted by molar-refractivity contribution is 5.66. The normalized spacial score (nSPS) is 38.7. The Morgan fingerprint density at radius 3 is 1.85 bits per heavy atom. The molecule has 0 aromatic rings. The highest BCUT2D eigenvalue weighted by Crippen LogP contribution is 2.29. The number of hydrogen-bond donors (Lipinski definition) is 8. The highest BCUT2D eigenvalue weighted by atomic mass is 16.7. The first-order valence-corrected chi connectivity index (χ1v) is 11.6. The summed E-state index contributed by atoms with van der Waals surface area (Å²) in [5, 5.41) is 78.4. The fraction of sp³-hybridized carbons (Fsp3) is 0.952. The smallest absolute Gasteiger partial charge is 0.303 e. The largest absolute Gasteiger partial charge is 0.481 e. The molecule has 0 radical (unpaired) electrons. The molecule has 10 atom stereocenters. The average Bonchev–Trinajstić information content (AvgIpc) is 2.81. The molecule has 2 rings (SSSR count). The van der Waals surface area contributed by atoms with Crippen molar-refractivity contribution in [2.45, 2.75) is 106 Å². The molecular weight excluding hydrogens is 460 g/mol. The van der Waals surface area contributed by atoms with Crippen molar-refractivity contribution in [3.05, 3.63) is 0 Å². The summed E-state index contributed by atoms with van der Waals surface area (Å²) in [4.78, 5) is 10.5. The standard InChI is InChI=1S/C21H38O13/c22-9-11-14(26)15(27)17(29)21(32-11)34-19-12(10-23)33-20(18(30)16(19)28)31-8-6-4-2-1-3-5-7-13(24)25/h11-12,14-23,26-30H,1-10H2,(H,24,25). The molecule has 0 spiro atoms. The molecule has 34 heavy (non-hydrogen) atoms. The number of aliphatic hydroxyl groups excluding tert-OH is 7. The second-order valence-electron chi connectivity index (χ2n) is 8.64. The summed E-state index contributed by atoms with van der Waals surface area (Å²) in [5.74, 6) is -0.802. The Morgan fingerprint density at radius 2 is 1.24 bits per heavy atom. The molecule has 0 saturated carbocycles. The molecule has 2 saturated heterocycles. The molecule has 0 aliphatic carbocycles. The molecule has 2 aliphatic rings. The Labute approximate surface area is 197 Å². The van der Waals surface area contributed by atoms with Crippen LogP contribution < -0.4 is 0 Å². The molecule has 0 bridgehead atoms. The van der Waals surface area contributed by atoms with Gasteiger partial charge in [0, 0.05) is 13.0 Å². The van der Waals surface area contributed by atoms with Gasteiger partial charge in [-0.05, 0) is 12.8 Å². The van der Waals surface area contributed by atoms with Gasteiger partial charge in [0.1, 0.15) is 48.8 Å². The van der Waals surface area contributed by atoms with Gasteiger partial charge in [-0.25, -0.2) is 0 Å². The minimum atomic E-state index is -1.72. The third-order valence-electron chi connectivity index (χ3n) is 6.03. The summed E-state index contributed by atoms with van der Waals surface area (Å²) >= 11 is 0. The Morgan fingerprint density at radius 1 is 0.676 bits per heavy atom. The maximum atomic E-state index is 10.5. The summed E-state index contributed by atoms with van der Waals surface area (Å²) < 4.78 is 21.8. The zero-order valence-corrected chi connectivity index (χ0v) is 19.0. The van der Waals surface area contributed by atoms with Crippen LogP contribution in [0.2, 0.25) is 0 Å².